The number of carbonyl (C=O) groups is 2. The molecule has 100 valence electrons. The lowest BCUT2D eigenvalue weighted by atomic mass is 9.67. The Hall–Kier alpha value is -1.26. The molecule has 5 nitrogen and oxygen atoms in total. The number of hydrogen-bond donors (Lipinski definition) is 2. The first-order valence-electron chi connectivity index (χ1n) is 6.82. The Morgan fingerprint density at radius 3 is 2.39 bits per heavy atom. The molecular weight excluding hydrogens is 234 g/mol. The number of rotatable bonds is 3. The predicted octanol–water partition coefficient (Wildman–Crippen LogP) is 2.02. The molecule has 4 rings (SSSR count). The maximum absolute atomic E-state index is 11.4. The summed E-state index contributed by atoms with van der Waals surface area (Å²) in [7, 11) is 0. The zero-order valence-electron chi connectivity index (χ0n) is 10.3. The topological polar surface area (TPSA) is 77.8 Å². The van der Waals surface area contributed by atoms with Gasteiger partial charge >= 0.3 is 12.1 Å². The van der Waals surface area contributed by atoms with Crippen molar-refractivity contribution in [3.05, 3.63) is 0 Å². The highest BCUT2D eigenvalue weighted by Gasteiger charge is 2.52. The van der Waals surface area contributed by atoms with Crippen LogP contribution in [-0.4, -0.2) is 39.3 Å². The van der Waals surface area contributed by atoms with Gasteiger partial charge in [-0.1, -0.05) is 12.8 Å². The lowest BCUT2D eigenvalue weighted by molar-refractivity contribution is -0.153. The van der Waals surface area contributed by atoms with Crippen LogP contribution in [0.2, 0.25) is 0 Å². The fourth-order valence-corrected chi connectivity index (χ4v) is 3.99. The van der Waals surface area contributed by atoms with Crippen LogP contribution in [0.25, 0.3) is 0 Å². The first-order chi connectivity index (χ1) is 8.58. The van der Waals surface area contributed by atoms with Gasteiger partial charge in [-0.2, -0.15) is 0 Å². The number of aliphatic carboxylic acids is 1. The van der Waals surface area contributed by atoms with Gasteiger partial charge in [0.15, 0.2) is 0 Å². The summed E-state index contributed by atoms with van der Waals surface area (Å²) in [5, 5.41) is 18.6. The number of hydrogen-bond acceptors (Lipinski definition) is 2. The van der Waals surface area contributed by atoms with Crippen LogP contribution in [0.1, 0.15) is 38.5 Å². The van der Waals surface area contributed by atoms with Crippen LogP contribution < -0.4 is 0 Å². The van der Waals surface area contributed by atoms with Crippen LogP contribution in [0.5, 0.6) is 0 Å². The Bertz CT molecular complexity index is 379. The van der Waals surface area contributed by atoms with Crippen LogP contribution in [0.4, 0.5) is 4.79 Å². The maximum Gasteiger partial charge on any atom is 0.408 e. The van der Waals surface area contributed by atoms with E-state index in [1.807, 2.05) is 0 Å². The molecule has 2 saturated heterocycles. The summed E-state index contributed by atoms with van der Waals surface area (Å²) in [6.07, 6.45) is 5.19. The molecule has 1 amide bonds. The third kappa shape index (κ3) is 1.85. The zero-order valence-corrected chi connectivity index (χ0v) is 10.3. The van der Waals surface area contributed by atoms with Crippen molar-refractivity contribution in [3.8, 4) is 0 Å². The smallest absolute Gasteiger partial charge is 0.408 e. The normalized spacial score (nSPS) is 38.8. The maximum atomic E-state index is 11.4. The summed E-state index contributed by atoms with van der Waals surface area (Å²) in [5.41, 5.74) is 0. The average molecular weight is 253 g/mol. The van der Waals surface area contributed by atoms with Crippen molar-refractivity contribution in [2.24, 2.45) is 17.8 Å². The van der Waals surface area contributed by atoms with Gasteiger partial charge in [0, 0.05) is 6.04 Å². The Kier molecular flexibility index (Phi) is 2.72. The minimum absolute atomic E-state index is 0.0207. The first-order valence-corrected chi connectivity index (χ1v) is 6.82. The Labute approximate surface area is 106 Å². The monoisotopic (exact) mass is 253 g/mol. The zero-order chi connectivity index (χ0) is 12.9. The van der Waals surface area contributed by atoms with Crippen LogP contribution in [0.15, 0.2) is 0 Å². The van der Waals surface area contributed by atoms with Crippen LogP contribution in [-0.2, 0) is 4.79 Å². The van der Waals surface area contributed by atoms with Gasteiger partial charge in [0.25, 0.3) is 0 Å². The number of piperidine rings is 2. The summed E-state index contributed by atoms with van der Waals surface area (Å²) in [6.45, 7) is 0. The summed E-state index contributed by atoms with van der Waals surface area (Å²) in [6, 6.07) is -0.870. The van der Waals surface area contributed by atoms with E-state index in [0.717, 1.165) is 31.6 Å². The standard InChI is InChI=1S/C13H19NO4/c15-12(16)11-8-3-4-10(14(11)13(17)18)9(6-8)5-7-1-2-7/h7-11H,1-6H2,(H,15,16)(H,17,18)/t8-,9+,10+,11+/m1/s1. The molecule has 0 unspecified atom stereocenters. The summed E-state index contributed by atoms with van der Waals surface area (Å²) in [5.74, 6) is 0.209. The second-order valence-electron chi connectivity index (χ2n) is 6.05. The van der Waals surface area contributed by atoms with E-state index in [0.29, 0.717) is 5.92 Å². The van der Waals surface area contributed by atoms with Crippen molar-refractivity contribution in [1.82, 2.24) is 4.90 Å². The average Bonchev–Trinajstić information content (AvgIpc) is 3.12. The highest BCUT2D eigenvalue weighted by atomic mass is 16.4. The number of fused-ring (bicyclic) bond motifs is 3. The van der Waals surface area contributed by atoms with E-state index in [1.54, 1.807) is 0 Å². The van der Waals surface area contributed by atoms with Crippen LogP contribution in [0, 0.1) is 17.8 Å². The summed E-state index contributed by atoms with van der Waals surface area (Å²) in [4.78, 5) is 23.9. The van der Waals surface area contributed by atoms with Gasteiger partial charge in [-0.25, -0.2) is 9.59 Å². The van der Waals surface area contributed by atoms with E-state index in [9.17, 15) is 19.8 Å². The third-order valence-corrected chi connectivity index (χ3v) is 4.89. The number of amides is 1. The molecule has 4 atom stereocenters. The number of carboxylic acid groups (broad SMARTS) is 2. The van der Waals surface area contributed by atoms with Gasteiger partial charge in [0.1, 0.15) is 6.04 Å². The molecule has 2 saturated carbocycles. The Morgan fingerprint density at radius 2 is 1.83 bits per heavy atom. The van der Waals surface area contributed by atoms with E-state index in [1.165, 1.54) is 17.7 Å². The molecule has 2 heterocycles. The predicted molar refractivity (Wildman–Crippen MR) is 63.2 cm³/mol. The molecule has 2 aliphatic heterocycles. The lowest BCUT2D eigenvalue weighted by Crippen LogP contribution is -2.63. The highest BCUT2D eigenvalue weighted by Crippen LogP contribution is 2.48. The van der Waals surface area contributed by atoms with Gasteiger partial charge in [-0.15, -0.1) is 0 Å². The van der Waals surface area contributed by atoms with E-state index in [-0.39, 0.29) is 12.0 Å². The van der Waals surface area contributed by atoms with Crippen molar-refractivity contribution >= 4 is 12.1 Å². The van der Waals surface area contributed by atoms with Gasteiger partial charge in [-0.05, 0) is 43.4 Å². The van der Waals surface area contributed by atoms with Gasteiger partial charge < -0.3 is 10.2 Å². The fraction of sp³-hybridized carbons (Fsp3) is 0.846. The van der Waals surface area contributed by atoms with Crippen molar-refractivity contribution in [3.63, 3.8) is 0 Å². The van der Waals surface area contributed by atoms with Gasteiger partial charge in [0.2, 0.25) is 0 Å². The number of nitrogens with zero attached hydrogens (tertiary/aromatic N) is 1. The third-order valence-electron chi connectivity index (χ3n) is 4.89. The van der Waals surface area contributed by atoms with E-state index in [4.69, 9.17) is 0 Å². The summed E-state index contributed by atoms with van der Waals surface area (Å²) < 4.78 is 0. The van der Waals surface area contributed by atoms with Crippen molar-refractivity contribution < 1.29 is 19.8 Å². The largest absolute Gasteiger partial charge is 0.480 e. The molecule has 0 aromatic heterocycles. The molecule has 2 bridgehead atoms. The quantitative estimate of drug-likeness (QED) is 0.806. The minimum Gasteiger partial charge on any atom is -0.480 e. The minimum atomic E-state index is -1.06. The molecule has 0 aromatic carbocycles. The van der Waals surface area contributed by atoms with Gasteiger partial charge in [-0.3, -0.25) is 4.90 Å². The molecule has 0 aromatic rings. The molecule has 4 fully saturated rings. The Balaban J connectivity index is 1.82. The molecule has 0 radical (unpaired) electrons. The SMILES string of the molecule is O=C(O)[C@@H]1[C@@H]2CC[C@@H]([C@@H](CC3CC3)C2)N1C(=O)O. The molecule has 4 aliphatic rings. The molecule has 2 N–H and O–H groups in total. The van der Waals surface area contributed by atoms with E-state index >= 15 is 0 Å². The van der Waals surface area contributed by atoms with Crippen molar-refractivity contribution in [2.75, 3.05) is 0 Å². The number of carboxylic acids is 1. The summed E-state index contributed by atoms with van der Waals surface area (Å²) >= 11 is 0. The molecule has 5 heteroatoms. The molecule has 2 aliphatic carbocycles. The second-order valence-corrected chi connectivity index (χ2v) is 6.05. The molecule has 0 spiro atoms. The highest BCUT2D eigenvalue weighted by molar-refractivity contribution is 5.80. The van der Waals surface area contributed by atoms with Crippen molar-refractivity contribution in [2.45, 2.75) is 50.6 Å². The van der Waals surface area contributed by atoms with Crippen LogP contribution in [0.3, 0.4) is 0 Å². The van der Waals surface area contributed by atoms with Gasteiger partial charge in [0.05, 0.1) is 0 Å². The molecule has 18 heavy (non-hydrogen) atoms. The first kappa shape index (κ1) is 11.8. The van der Waals surface area contributed by atoms with E-state index < -0.39 is 18.1 Å². The lowest BCUT2D eigenvalue weighted by Gasteiger charge is -2.52. The fourth-order valence-electron chi connectivity index (χ4n) is 3.99. The Morgan fingerprint density at radius 1 is 1.11 bits per heavy atom. The second kappa shape index (κ2) is 4.14. The van der Waals surface area contributed by atoms with Crippen LogP contribution >= 0.6 is 0 Å². The van der Waals surface area contributed by atoms with Crippen molar-refractivity contribution in [1.29, 1.82) is 0 Å². The molecular formula is C13H19NO4. The van der Waals surface area contributed by atoms with E-state index in [2.05, 4.69) is 0 Å².